The Labute approximate surface area is 108 Å². The number of aryl methyl sites for hydroxylation is 1. The van der Waals surface area contributed by atoms with Crippen molar-refractivity contribution in [3.05, 3.63) is 65.5 Å². The maximum Gasteiger partial charge on any atom is 0.324 e. The largest absolute Gasteiger partial charge is 0.427 e. The fourth-order valence-corrected chi connectivity index (χ4v) is 1.93. The monoisotopic (exact) mass is 242 g/mol. The zero-order valence-electron chi connectivity index (χ0n) is 10.7. The second kappa shape index (κ2) is 5.83. The average molecular weight is 242 g/mol. The molecule has 1 nitrogen and oxygen atoms in total. The summed E-state index contributed by atoms with van der Waals surface area (Å²) < 4.78 is 17.9. The predicted molar refractivity (Wildman–Crippen MR) is 73.6 cm³/mol. The van der Waals surface area contributed by atoms with Crippen LogP contribution in [0.25, 0.3) is 0 Å². The summed E-state index contributed by atoms with van der Waals surface area (Å²) in [5.74, 6) is -0.179. The van der Waals surface area contributed by atoms with Crippen LogP contribution < -0.4 is 5.46 Å². The first kappa shape index (κ1) is 12.8. The molecule has 0 unspecified atom stereocenters. The molecule has 1 aliphatic heterocycles. The molecule has 3 rings (SSSR count). The van der Waals surface area contributed by atoms with E-state index >= 15 is 0 Å². The number of hydrogen-bond donors (Lipinski definition) is 0. The lowest BCUT2D eigenvalue weighted by molar-refractivity contribution is 0.333. The fourth-order valence-electron chi connectivity index (χ4n) is 1.93. The van der Waals surface area contributed by atoms with E-state index < -0.39 is 0 Å². The van der Waals surface area contributed by atoms with Crippen LogP contribution in [0.4, 0.5) is 4.39 Å². The molecule has 0 fully saturated rings. The number of halogens is 1. The van der Waals surface area contributed by atoms with E-state index in [-0.39, 0.29) is 12.7 Å². The van der Waals surface area contributed by atoms with Gasteiger partial charge in [0.15, 0.2) is 0 Å². The fraction of sp³-hybridized carbons (Fsp3) is 0.200. The first-order chi connectivity index (χ1) is 8.66. The molecule has 0 N–H and O–H groups in total. The van der Waals surface area contributed by atoms with Crippen molar-refractivity contribution >= 4 is 12.4 Å². The van der Waals surface area contributed by atoms with Crippen LogP contribution in [-0.4, -0.2) is 6.92 Å². The summed E-state index contributed by atoms with van der Waals surface area (Å²) in [5.41, 5.74) is 3.42. The first-order valence-corrected chi connectivity index (χ1v) is 6.08. The van der Waals surface area contributed by atoms with Crippen LogP contribution in [0.1, 0.15) is 11.1 Å². The zero-order valence-corrected chi connectivity index (χ0v) is 10.7. The predicted octanol–water partition coefficient (Wildman–Crippen LogP) is 3.18. The number of benzene rings is 2. The highest BCUT2D eigenvalue weighted by Crippen LogP contribution is 2.11. The molecule has 2 aromatic rings. The summed E-state index contributed by atoms with van der Waals surface area (Å²) in [6, 6.07) is 15.1. The SMILES string of the molecule is CB1OCc2cc(F)ccc21.Cc1ccccc1. The minimum absolute atomic E-state index is 0.130. The van der Waals surface area contributed by atoms with Crippen molar-refractivity contribution in [2.24, 2.45) is 0 Å². The van der Waals surface area contributed by atoms with Crippen molar-refractivity contribution in [3.63, 3.8) is 0 Å². The van der Waals surface area contributed by atoms with Gasteiger partial charge in [-0.2, -0.15) is 0 Å². The number of fused-ring (bicyclic) bond motifs is 1. The van der Waals surface area contributed by atoms with E-state index in [2.05, 4.69) is 19.1 Å². The molecule has 1 aliphatic rings. The summed E-state index contributed by atoms with van der Waals surface area (Å²) in [5, 5.41) is 0. The molecular weight excluding hydrogens is 226 g/mol. The van der Waals surface area contributed by atoms with Crippen LogP contribution in [0.15, 0.2) is 48.5 Å². The molecule has 0 radical (unpaired) electrons. The van der Waals surface area contributed by atoms with E-state index in [0.717, 1.165) is 11.0 Å². The highest BCUT2D eigenvalue weighted by atomic mass is 19.1. The van der Waals surface area contributed by atoms with Crippen molar-refractivity contribution < 1.29 is 9.04 Å². The summed E-state index contributed by atoms with van der Waals surface area (Å²) in [7, 11) is 0. The van der Waals surface area contributed by atoms with Crippen molar-refractivity contribution in [1.82, 2.24) is 0 Å². The molecule has 0 saturated heterocycles. The highest BCUT2D eigenvalue weighted by molar-refractivity contribution is 6.67. The molecule has 0 aromatic heterocycles. The van der Waals surface area contributed by atoms with Crippen LogP contribution in [0.5, 0.6) is 0 Å². The lowest BCUT2D eigenvalue weighted by Gasteiger charge is -1.97. The molecule has 0 atom stereocenters. The van der Waals surface area contributed by atoms with Crippen molar-refractivity contribution in [2.45, 2.75) is 20.4 Å². The topological polar surface area (TPSA) is 9.23 Å². The molecule has 0 spiro atoms. The van der Waals surface area contributed by atoms with E-state index in [1.165, 1.54) is 11.6 Å². The third-order valence-electron chi connectivity index (χ3n) is 2.97. The normalized spacial score (nSPS) is 12.7. The van der Waals surface area contributed by atoms with E-state index in [4.69, 9.17) is 4.65 Å². The maximum absolute atomic E-state index is 12.6. The number of hydrogen-bond acceptors (Lipinski definition) is 1. The van der Waals surface area contributed by atoms with Crippen molar-refractivity contribution in [3.8, 4) is 0 Å². The van der Waals surface area contributed by atoms with Gasteiger partial charge in [-0.25, -0.2) is 4.39 Å². The Morgan fingerprint density at radius 3 is 2.44 bits per heavy atom. The average Bonchev–Trinajstić information content (AvgIpc) is 2.72. The third-order valence-corrected chi connectivity index (χ3v) is 2.97. The van der Waals surface area contributed by atoms with Gasteiger partial charge in [-0.3, -0.25) is 0 Å². The quantitative estimate of drug-likeness (QED) is 0.644. The standard InChI is InChI=1S/C8H8BFO.C7H8/c1-9-8-3-2-7(10)4-6(8)5-11-9;1-7-5-3-2-4-6-7/h2-4H,5H2,1H3;2-6H,1H3. The molecule has 92 valence electrons. The molecule has 18 heavy (non-hydrogen) atoms. The Morgan fingerprint density at radius 1 is 1.11 bits per heavy atom. The third kappa shape index (κ3) is 3.20. The van der Waals surface area contributed by atoms with E-state index in [1.54, 1.807) is 12.1 Å². The summed E-state index contributed by atoms with van der Waals surface area (Å²) >= 11 is 0. The molecule has 0 saturated carbocycles. The minimum Gasteiger partial charge on any atom is -0.427 e. The van der Waals surface area contributed by atoms with Gasteiger partial charge in [-0.1, -0.05) is 48.8 Å². The Hall–Kier alpha value is -1.61. The maximum atomic E-state index is 12.6. The molecule has 0 bridgehead atoms. The zero-order chi connectivity index (χ0) is 13.0. The van der Waals surface area contributed by atoms with Crippen LogP contribution in [0.3, 0.4) is 0 Å². The number of rotatable bonds is 0. The van der Waals surface area contributed by atoms with E-state index in [0.29, 0.717) is 6.61 Å². The Morgan fingerprint density at radius 2 is 1.83 bits per heavy atom. The van der Waals surface area contributed by atoms with E-state index in [9.17, 15) is 4.39 Å². The molecule has 1 heterocycles. The Balaban J connectivity index is 0.000000149. The van der Waals surface area contributed by atoms with Gasteiger partial charge in [-0.15, -0.1) is 0 Å². The van der Waals surface area contributed by atoms with Gasteiger partial charge in [0.2, 0.25) is 0 Å². The van der Waals surface area contributed by atoms with Gasteiger partial charge >= 0.3 is 6.92 Å². The molecule has 0 amide bonds. The van der Waals surface area contributed by atoms with Crippen LogP contribution in [0.2, 0.25) is 6.82 Å². The lowest BCUT2D eigenvalue weighted by Crippen LogP contribution is -2.23. The van der Waals surface area contributed by atoms with E-state index in [1.807, 2.05) is 25.0 Å². The van der Waals surface area contributed by atoms with Gasteiger partial charge in [0.1, 0.15) is 5.82 Å². The van der Waals surface area contributed by atoms with Gasteiger partial charge in [0.05, 0.1) is 6.61 Å². The summed E-state index contributed by atoms with van der Waals surface area (Å²) in [6.07, 6.45) is 0. The second-order valence-electron chi connectivity index (χ2n) is 4.45. The first-order valence-electron chi connectivity index (χ1n) is 6.08. The summed E-state index contributed by atoms with van der Waals surface area (Å²) in [6.45, 7) is 4.74. The Kier molecular flexibility index (Phi) is 4.16. The van der Waals surface area contributed by atoms with Gasteiger partial charge in [0.25, 0.3) is 0 Å². The highest BCUT2D eigenvalue weighted by Gasteiger charge is 2.22. The molecule has 3 heteroatoms. The van der Waals surface area contributed by atoms with Crippen LogP contribution in [0, 0.1) is 12.7 Å². The minimum atomic E-state index is -0.179. The molecule has 2 aromatic carbocycles. The lowest BCUT2D eigenvalue weighted by atomic mass is 9.64. The molecule has 0 aliphatic carbocycles. The van der Waals surface area contributed by atoms with Gasteiger partial charge < -0.3 is 4.65 Å². The molecular formula is C15H16BFO. The van der Waals surface area contributed by atoms with Crippen molar-refractivity contribution in [1.29, 1.82) is 0 Å². The summed E-state index contributed by atoms with van der Waals surface area (Å²) in [4.78, 5) is 0. The van der Waals surface area contributed by atoms with Crippen LogP contribution >= 0.6 is 0 Å². The Bertz CT molecular complexity index is 513. The van der Waals surface area contributed by atoms with Crippen LogP contribution in [-0.2, 0) is 11.3 Å². The van der Waals surface area contributed by atoms with Crippen molar-refractivity contribution in [2.75, 3.05) is 0 Å². The second-order valence-corrected chi connectivity index (χ2v) is 4.45. The van der Waals surface area contributed by atoms with Gasteiger partial charge in [0, 0.05) is 0 Å². The van der Waals surface area contributed by atoms with Gasteiger partial charge in [-0.05, 0) is 30.1 Å². The smallest absolute Gasteiger partial charge is 0.324 e.